The van der Waals surface area contributed by atoms with Gasteiger partial charge in [-0.3, -0.25) is 0 Å². The van der Waals surface area contributed by atoms with Crippen molar-refractivity contribution in [3.8, 4) is 0 Å². The molecular weight excluding hydrogens is 210 g/mol. The molecule has 0 saturated carbocycles. The van der Waals surface area contributed by atoms with Gasteiger partial charge in [0.15, 0.2) is 0 Å². The third kappa shape index (κ3) is 2.43. The first kappa shape index (κ1) is 12.3. The van der Waals surface area contributed by atoms with Crippen molar-refractivity contribution in [2.45, 2.75) is 25.4 Å². The number of nitrogens with one attached hydrogen (secondary N) is 1. The Bertz CT molecular complexity index is 388. The summed E-state index contributed by atoms with van der Waals surface area (Å²) in [5.41, 5.74) is 3.49. The lowest BCUT2D eigenvalue weighted by Gasteiger charge is -2.37. The second kappa shape index (κ2) is 5.03. The van der Waals surface area contributed by atoms with E-state index in [0.717, 1.165) is 31.5 Å². The van der Waals surface area contributed by atoms with Crippen molar-refractivity contribution in [2.75, 3.05) is 20.2 Å². The number of hydrogen-bond donors (Lipinski definition) is 1. The Morgan fingerprint density at radius 2 is 1.82 bits per heavy atom. The molecule has 1 aromatic rings. The number of rotatable bonds is 3. The smallest absolute Gasteiger partial charge is 0.0951 e. The van der Waals surface area contributed by atoms with Crippen LogP contribution in [-0.2, 0) is 10.3 Å². The zero-order chi connectivity index (χ0) is 12.3. The molecule has 1 aliphatic heterocycles. The van der Waals surface area contributed by atoms with Gasteiger partial charge in [-0.05, 0) is 44.0 Å². The van der Waals surface area contributed by atoms with Gasteiger partial charge in [-0.2, -0.15) is 0 Å². The van der Waals surface area contributed by atoms with E-state index in [1.54, 1.807) is 0 Å². The molecule has 0 atom stereocenters. The van der Waals surface area contributed by atoms with Crippen molar-refractivity contribution in [3.05, 3.63) is 42.0 Å². The first-order valence-corrected chi connectivity index (χ1v) is 6.20. The number of methoxy groups -OCH3 is 1. The first-order valence-electron chi connectivity index (χ1n) is 6.20. The van der Waals surface area contributed by atoms with Crippen molar-refractivity contribution in [1.29, 1.82) is 0 Å². The minimum absolute atomic E-state index is 0.0984. The lowest BCUT2D eigenvalue weighted by Crippen LogP contribution is -2.41. The molecule has 1 saturated heterocycles. The summed E-state index contributed by atoms with van der Waals surface area (Å²) in [6.45, 7) is 8.04. The second-order valence-corrected chi connectivity index (χ2v) is 4.81. The molecule has 0 amide bonds. The van der Waals surface area contributed by atoms with Crippen LogP contribution in [0.4, 0.5) is 0 Å². The SMILES string of the molecule is C=C(C)c1ccc(C2(OC)CCNCC2)cc1. The van der Waals surface area contributed by atoms with E-state index >= 15 is 0 Å². The molecule has 2 rings (SSSR count). The normalized spacial score (nSPS) is 18.9. The topological polar surface area (TPSA) is 21.3 Å². The van der Waals surface area contributed by atoms with Crippen molar-refractivity contribution in [2.24, 2.45) is 0 Å². The highest BCUT2D eigenvalue weighted by Gasteiger charge is 2.33. The molecule has 0 radical (unpaired) electrons. The van der Waals surface area contributed by atoms with E-state index in [4.69, 9.17) is 4.74 Å². The molecule has 92 valence electrons. The largest absolute Gasteiger partial charge is 0.373 e. The summed E-state index contributed by atoms with van der Waals surface area (Å²) in [7, 11) is 1.82. The quantitative estimate of drug-likeness (QED) is 0.863. The molecule has 0 unspecified atom stereocenters. The van der Waals surface area contributed by atoms with Crippen molar-refractivity contribution in [3.63, 3.8) is 0 Å². The van der Waals surface area contributed by atoms with E-state index in [9.17, 15) is 0 Å². The third-order valence-corrected chi connectivity index (χ3v) is 3.71. The zero-order valence-electron chi connectivity index (χ0n) is 10.8. The second-order valence-electron chi connectivity index (χ2n) is 4.81. The minimum Gasteiger partial charge on any atom is -0.373 e. The summed E-state index contributed by atoms with van der Waals surface area (Å²) < 4.78 is 5.80. The number of allylic oxidation sites excluding steroid dienone is 1. The van der Waals surface area contributed by atoms with Crippen LogP contribution in [0.5, 0.6) is 0 Å². The summed E-state index contributed by atoms with van der Waals surface area (Å²) in [6.07, 6.45) is 2.08. The predicted octanol–water partition coefficient (Wildman–Crippen LogP) is 2.94. The maximum Gasteiger partial charge on any atom is 0.0951 e. The standard InChI is InChI=1S/C15H21NO/c1-12(2)13-4-6-14(7-5-13)15(17-3)8-10-16-11-9-15/h4-7,16H,1,8-11H2,2-3H3. The molecule has 1 aliphatic rings. The van der Waals surface area contributed by atoms with Gasteiger partial charge in [0.2, 0.25) is 0 Å². The monoisotopic (exact) mass is 231 g/mol. The summed E-state index contributed by atoms with van der Waals surface area (Å²) >= 11 is 0. The van der Waals surface area contributed by atoms with Crippen LogP contribution in [0.25, 0.3) is 5.57 Å². The zero-order valence-corrected chi connectivity index (χ0v) is 10.8. The summed E-state index contributed by atoms with van der Waals surface area (Å²) in [6, 6.07) is 8.64. The lowest BCUT2D eigenvalue weighted by atomic mass is 9.84. The number of hydrogen-bond acceptors (Lipinski definition) is 2. The van der Waals surface area contributed by atoms with Crippen LogP contribution in [0.1, 0.15) is 30.9 Å². The van der Waals surface area contributed by atoms with E-state index in [2.05, 4.69) is 36.2 Å². The molecular formula is C15H21NO. The van der Waals surface area contributed by atoms with Crippen LogP contribution in [0, 0.1) is 0 Å². The van der Waals surface area contributed by atoms with Crippen molar-refractivity contribution in [1.82, 2.24) is 5.32 Å². The molecule has 0 aliphatic carbocycles. The van der Waals surface area contributed by atoms with Crippen molar-refractivity contribution < 1.29 is 4.74 Å². The van der Waals surface area contributed by atoms with Crippen LogP contribution in [0.3, 0.4) is 0 Å². The van der Waals surface area contributed by atoms with Crippen LogP contribution in [0.2, 0.25) is 0 Å². The van der Waals surface area contributed by atoms with Crippen LogP contribution in [-0.4, -0.2) is 20.2 Å². The van der Waals surface area contributed by atoms with Crippen LogP contribution < -0.4 is 5.32 Å². The number of benzene rings is 1. The number of piperidine rings is 1. The van der Waals surface area contributed by atoms with Gasteiger partial charge in [-0.15, -0.1) is 0 Å². The maximum absolute atomic E-state index is 5.80. The van der Waals surface area contributed by atoms with Gasteiger partial charge < -0.3 is 10.1 Å². The van der Waals surface area contributed by atoms with Gasteiger partial charge in [-0.25, -0.2) is 0 Å². The van der Waals surface area contributed by atoms with E-state index < -0.39 is 0 Å². The van der Waals surface area contributed by atoms with E-state index in [1.807, 2.05) is 14.0 Å². The highest BCUT2D eigenvalue weighted by Crippen LogP contribution is 2.34. The average Bonchev–Trinajstić information content (AvgIpc) is 2.39. The maximum atomic E-state index is 5.80. The van der Waals surface area contributed by atoms with Gasteiger partial charge in [-0.1, -0.05) is 36.4 Å². The Hall–Kier alpha value is -1.12. The fourth-order valence-corrected chi connectivity index (χ4v) is 2.50. The molecule has 17 heavy (non-hydrogen) atoms. The average molecular weight is 231 g/mol. The predicted molar refractivity (Wildman–Crippen MR) is 71.9 cm³/mol. The lowest BCUT2D eigenvalue weighted by molar-refractivity contribution is -0.0391. The minimum atomic E-state index is -0.0984. The molecule has 1 heterocycles. The highest BCUT2D eigenvalue weighted by atomic mass is 16.5. The molecule has 1 aromatic carbocycles. The fourth-order valence-electron chi connectivity index (χ4n) is 2.50. The van der Waals surface area contributed by atoms with E-state index in [1.165, 1.54) is 11.1 Å². The molecule has 2 nitrogen and oxygen atoms in total. The van der Waals surface area contributed by atoms with E-state index in [-0.39, 0.29) is 5.60 Å². The fraction of sp³-hybridized carbons (Fsp3) is 0.467. The first-order chi connectivity index (χ1) is 8.18. The summed E-state index contributed by atoms with van der Waals surface area (Å²) in [5, 5.41) is 3.38. The van der Waals surface area contributed by atoms with Crippen LogP contribution >= 0.6 is 0 Å². The molecule has 2 heteroatoms. The van der Waals surface area contributed by atoms with Crippen LogP contribution in [0.15, 0.2) is 30.8 Å². The Morgan fingerprint density at radius 1 is 1.24 bits per heavy atom. The molecule has 1 fully saturated rings. The number of ether oxygens (including phenoxy) is 1. The molecule has 0 aromatic heterocycles. The Kier molecular flexibility index (Phi) is 3.65. The van der Waals surface area contributed by atoms with Gasteiger partial charge in [0.1, 0.15) is 0 Å². The molecule has 0 bridgehead atoms. The van der Waals surface area contributed by atoms with Crippen molar-refractivity contribution >= 4 is 5.57 Å². The van der Waals surface area contributed by atoms with E-state index in [0.29, 0.717) is 0 Å². The Balaban J connectivity index is 2.27. The third-order valence-electron chi connectivity index (χ3n) is 3.71. The molecule has 1 N–H and O–H groups in total. The van der Waals surface area contributed by atoms with Gasteiger partial charge in [0.05, 0.1) is 5.60 Å². The molecule has 0 spiro atoms. The highest BCUT2D eigenvalue weighted by molar-refractivity contribution is 5.61. The summed E-state index contributed by atoms with van der Waals surface area (Å²) in [4.78, 5) is 0. The van der Waals surface area contributed by atoms with Gasteiger partial charge >= 0.3 is 0 Å². The Labute approximate surface area is 104 Å². The van der Waals surface area contributed by atoms with Gasteiger partial charge in [0, 0.05) is 7.11 Å². The summed E-state index contributed by atoms with van der Waals surface area (Å²) in [5.74, 6) is 0. The Morgan fingerprint density at radius 3 is 2.29 bits per heavy atom. The van der Waals surface area contributed by atoms with Gasteiger partial charge in [0.25, 0.3) is 0 Å².